The largest absolute Gasteiger partial charge is 0.391 e. The zero-order valence-electron chi connectivity index (χ0n) is 15.9. The Morgan fingerprint density at radius 3 is 2.57 bits per heavy atom. The molecule has 2 saturated heterocycles. The minimum Gasteiger partial charge on any atom is -0.391 e. The van der Waals surface area contributed by atoms with Gasteiger partial charge in [-0.3, -0.25) is 9.69 Å². The number of aliphatic hydroxyl groups excluding tert-OH is 1. The maximum atomic E-state index is 12.2. The Bertz CT molecular complexity index is 794. The van der Waals surface area contributed by atoms with Crippen LogP contribution in [0, 0.1) is 0 Å². The van der Waals surface area contributed by atoms with E-state index in [-0.39, 0.29) is 12.0 Å². The van der Waals surface area contributed by atoms with Crippen LogP contribution >= 0.6 is 0 Å². The summed E-state index contributed by atoms with van der Waals surface area (Å²) in [7, 11) is 0. The first-order valence-electron chi connectivity index (χ1n) is 9.75. The molecule has 0 saturated carbocycles. The first kappa shape index (κ1) is 18.6. The van der Waals surface area contributed by atoms with E-state index in [9.17, 15) is 9.90 Å². The van der Waals surface area contributed by atoms with Crippen LogP contribution in [0.15, 0.2) is 42.6 Å². The molecule has 28 heavy (non-hydrogen) atoms. The Kier molecular flexibility index (Phi) is 5.68. The van der Waals surface area contributed by atoms with Crippen molar-refractivity contribution in [2.75, 3.05) is 60.9 Å². The summed E-state index contributed by atoms with van der Waals surface area (Å²) in [5, 5.41) is 12.7. The zero-order chi connectivity index (χ0) is 19.3. The van der Waals surface area contributed by atoms with Crippen molar-refractivity contribution in [1.82, 2.24) is 14.9 Å². The number of piperazine rings is 1. The van der Waals surface area contributed by atoms with E-state index in [0.717, 1.165) is 50.6 Å². The predicted octanol–water partition coefficient (Wildman–Crippen LogP) is 0.808. The number of rotatable bonds is 5. The van der Waals surface area contributed by atoms with Crippen molar-refractivity contribution in [3.8, 4) is 0 Å². The molecule has 2 N–H and O–H groups in total. The molecule has 0 unspecified atom stereocenters. The normalized spacial score (nSPS) is 20.4. The van der Waals surface area contributed by atoms with Crippen molar-refractivity contribution in [3.05, 3.63) is 42.6 Å². The molecule has 2 aliphatic rings. The monoisotopic (exact) mass is 382 g/mol. The fourth-order valence-electron chi connectivity index (χ4n) is 3.65. The van der Waals surface area contributed by atoms with E-state index in [1.165, 1.54) is 0 Å². The molecule has 8 heteroatoms. The van der Waals surface area contributed by atoms with Crippen LogP contribution in [0.5, 0.6) is 0 Å². The highest BCUT2D eigenvalue weighted by Gasteiger charge is 2.24. The molecule has 1 amide bonds. The number of anilines is 3. The standard InChI is InChI=1S/C20H26N6O2/c27-17-7-9-26(14-17)18-6-8-21-20(23-18)25-12-10-24(11-13-25)15-19(28)22-16-4-2-1-3-5-16/h1-6,8,17,27H,7,9-15H2,(H,22,28)/t17-/m1/s1. The van der Waals surface area contributed by atoms with Gasteiger partial charge in [0.2, 0.25) is 11.9 Å². The summed E-state index contributed by atoms with van der Waals surface area (Å²) >= 11 is 0. The molecule has 0 bridgehead atoms. The summed E-state index contributed by atoms with van der Waals surface area (Å²) in [5.41, 5.74) is 0.823. The molecule has 1 aromatic heterocycles. The summed E-state index contributed by atoms with van der Waals surface area (Å²) in [5.74, 6) is 1.59. The maximum absolute atomic E-state index is 12.2. The average molecular weight is 382 g/mol. The number of hydrogen-bond donors (Lipinski definition) is 2. The molecular weight excluding hydrogens is 356 g/mol. The smallest absolute Gasteiger partial charge is 0.238 e. The van der Waals surface area contributed by atoms with E-state index in [1.54, 1.807) is 6.20 Å². The summed E-state index contributed by atoms with van der Waals surface area (Å²) in [6.07, 6.45) is 2.29. The van der Waals surface area contributed by atoms with Crippen LogP contribution < -0.4 is 15.1 Å². The van der Waals surface area contributed by atoms with Gasteiger partial charge >= 0.3 is 0 Å². The van der Waals surface area contributed by atoms with Crippen LogP contribution in [0.4, 0.5) is 17.5 Å². The number of aliphatic hydroxyl groups is 1. The Morgan fingerprint density at radius 1 is 1.07 bits per heavy atom. The van der Waals surface area contributed by atoms with Crippen molar-refractivity contribution >= 4 is 23.4 Å². The average Bonchev–Trinajstić information content (AvgIpc) is 3.16. The van der Waals surface area contributed by atoms with E-state index in [2.05, 4.69) is 30.0 Å². The molecule has 148 valence electrons. The van der Waals surface area contributed by atoms with Gasteiger partial charge in [0, 0.05) is 51.2 Å². The molecule has 0 aliphatic carbocycles. The van der Waals surface area contributed by atoms with E-state index >= 15 is 0 Å². The Balaban J connectivity index is 1.29. The first-order valence-corrected chi connectivity index (χ1v) is 9.75. The molecule has 4 rings (SSSR count). The molecule has 2 aliphatic heterocycles. The van der Waals surface area contributed by atoms with Gasteiger partial charge in [0.15, 0.2) is 0 Å². The van der Waals surface area contributed by atoms with Crippen molar-refractivity contribution in [2.45, 2.75) is 12.5 Å². The fourth-order valence-corrected chi connectivity index (χ4v) is 3.65. The summed E-state index contributed by atoms with van der Waals surface area (Å²) in [6, 6.07) is 11.4. The number of carbonyl (C=O) groups is 1. The van der Waals surface area contributed by atoms with E-state index < -0.39 is 0 Å². The van der Waals surface area contributed by atoms with Gasteiger partial charge in [0.1, 0.15) is 5.82 Å². The molecular formula is C20H26N6O2. The van der Waals surface area contributed by atoms with Crippen LogP contribution in [-0.4, -0.2) is 77.8 Å². The third-order valence-corrected chi connectivity index (χ3v) is 5.20. The lowest BCUT2D eigenvalue weighted by molar-refractivity contribution is -0.117. The first-order chi connectivity index (χ1) is 13.7. The second kappa shape index (κ2) is 8.53. The van der Waals surface area contributed by atoms with Crippen LogP contribution in [-0.2, 0) is 4.79 Å². The van der Waals surface area contributed by atoms with E-state index in [1.807, 2.05) is 36.4 Å². The Hall–Kier alpha value is -2.71. The van der Waals surface area contributed by atoms with Gasteiger partial charge in [-0.25, -0.2) is 4.98 Å². The van der Waals surface area contributed by atoms with Crippen LogP contribution in [0.25, 0.3) is 0 Å². The molecule has 8 nitrogen and oxygen atoms in total. The molecule has 2 fully saturated rings. The number of aromatic nitrogens is 2. The second-order valence-corrected chi connectivity index (χ2v) is 7.28. The fraction of sp³-hybridized carbons (Fsp3) is 0.450. The number of para-hydroxylation sites is 1. The predicted molar refractivity (Wildman–Crippen MR) is 109 cm³/mol. The highest BCUT2D eigenvalue weighted by atomic mass is 16.3. The molecule has 0 radical (unpaired) electrons. The van der Waals surface area contributed by atoms with Gasteiger partial charge in [0.25, 0.3) is 0 Å². The zero-order valence-corrected chi connectivity index (χ0v) is 15.9. The SMILES string of the molecule is O=C(CN1CCN(c2nccc(N3CC[C@@H](O)C3)n2)CC1)Nc1ccccc1. The number of benzene rings is 1. The summed E-state index contributed by atoms with van der Waals surface area (Å²) in [4.78, 5) is 27.7. The number of carbonyl (C=O) groups excluding carboxylic acids is 1. The van der Waals surface area contributed by atoms with Gasteiger partial charge in [-0.05, 0) is 24.6 Å². The second-order valence-electron chi connectivity index (χ2n) is 7.28. The molecule has 2 aromatic rings. The highest BCUT2D eigenvalue weighted by molar-refractivity contribution is 5.92. The van der Waals surface area contributed by atoms with Gasteiger partial charge in [-0.15, -0.1) is 0 Å². The maximum Gasteiger partial charge on any atom is 0.238 e. The molecule has 0 spiro atoms. The quantitative estimate of drug-likeness (QED) is 0.792. The summed E-state index contributed by atoms with van der Waals surface area (Å²) < 4.78 is 0. The minimum absolute atomic E-state index is 0.00508. The number of nitrogens with one attached hydrogen (secondary N) is 1. The lowest BCUT2D eigenvalue weighted by Gasteiger charge is -2.34. The van der Waals surface area contributed by atoms with Crippen molar-refractivity contribution in [3.63, 3.8) is 0 Å². The third-order valence-electron chi connectivity index (χ3n) is 5.20. The van der Waals surface area contributed by atoms with Crippen molar-refractivity contribution < 1.29 is 9.90 Å². The lowest BCUT2D eigenvalue weighted by atomic mass is 10.3. The number of hydrogen-bond acceptors (Lipinski definition) is 7. The van der Waals surface area contributed by atoms with Crippen molar-refractivity contribution in [2.24, 2.45) is 0 Å². The molecule has 1 atom stereocenters. The Morgan fingerprint density at radius 2 is 1.86 bits per heavy atom. The number of amides is 1. The van der Waals surface area contributed by atoms with Crippen LogP contribution in [0.1, 0.15) is 6.42 Å². The van der Waals surface area contributed by atoms with E-state index in [0.29, 0.717) is 19.0 Å². The Labute approximate surface area is 164 Å². The van der Waals surface area contributed by atoms with Crippen LogP contribution in [0.2, 0.25) is 0 Å². The topological polar surface area (TPSA) is 84.8 Å². The minimum atomic E-state index is -0.274. The van der Waals surface area contributed by atoms with Crippen molar-refractivity contribution in [1.29, 1.82) is 0 Å². The highest BCUT2D eigenvalue weighted by Crippen LogP contribution is 2.20. The number of nitrogens with zero attached hydrogens (tertiary/aromatic N) is 5. The van der Waals surface area contributed by atoms with E-state index in [4.69, 9.17) is 0 Å². The van der Waals surface area contributed by atoms with Gasteiger partial charge in [-0.2, -0.15) is 4.98 Å². The lowest BCUT2D eigenvalue weighted by Crippen LogP contribution is -2.49. The molecule has 1 aromatic carbocycles. The van der Waals surface area contributed by atoms with Gasteiger partial charge in [0.05, 0.1) is 12.6 Å². The van der Waals surface area contributed by atoms with Crippen LogP contribution in [0.3, 0.4) is 0 Å². The number of β-amino-alcohol motifs (C(OH)–C–C–N with tert-alkyl or cyclic N) is 1. The molecule has 3 heterocycles. The van der Waals surface area contributed by atoms with Gasteiger partial charge < -0.3 is 20.2 Å². The third kappa shape index (κ3) is 4.58. The summed E-state index contributed by atoms with van der Waals surface area (Å²) in [6.45, 7) is 4.98. The van der Waals surface area contributed by atoms with Gasteiger partial charge in [-0.1, -0.05) is 18.2 Å².